The molecule has 1 aliphatic rings. The van der Waals surface area contributed by atoms with Crippen LogP contribution in [0.3, 0.4) is 0 Å². The van der Waals surface area contributed by atoms with E-state index in [2.05, 4.69) is 0 Å². The number of methoxy groups -OCH3 is 2. The summed E-state index contributed by atoms with van der Waals surface area (Å²) < 4.78 is 38.4. The Hall–Kier alpha value is -1.98. The third-order valence-electron chi connectivity index (χ3n) is 5.11. The molecule has 0 radical (unpaired) electrons. The molecule has 0 aliphatic carbocycles. The van der Waals surface area contributed by atoms with Crippen molar-refractivity contribution in [2.24, 2.45) is 0 Å². The largest absolute Gasteiger partial charge is 0.497 e. The first-order valence-electron chi connectivity index (χ1n) is 9.09. The van der Waals surface area contributed by atoms with Crippen molar-refractivity contribution in [2.45, 2.75) is 29.7 Å². The van der Waals surface area contributed by atoms with Crippen molar-refractivity contribution in [2.75, 3.05) is 27.4 Å². The number of carbonyl (C=O) groups excluding carboxylic acids is 1. The van der Waals surface area contributed by atoms with Gasteiger partial charge in [-0.3, -0.25) is 10.0 Å². The second-order valence-electron chi connectivity index (χ2n) is 6.65. The van der Waals surface area contributed by atoms with Crippen molar-refractivity contribution >= 4 is 27.3 Å². The standard InChI is InChI=1S/C19H24N2O6S2/c1-26-11-8-16-15-9-12-28-17(15)7-10-21(18(16)19(22)20-23)29(24,25)14-5-3-13(27-2)4-6-14/h3-6,9,12,16,18,23H,7-8,10-11H2,1-2H3,(H,20,22)/t16-,18-/m0/s1. The molecule has 1 aromatic carbocycles. The molecule has 29 heavy (non-hydrogen) atoms. The summed E-state index contributed by atoms with van der Waals surface area (Å²) in [5.74, 6) is -0.675. The Morgan fingerprint density at radius 3 is 2.62 bits per heavy atom. The number of hydrogen-bond donors (Lipinski definition) is 2. The minimum absolute atomic E-state index is 0.0600. The minimum atomic E-state index is -4.00. The van der Waals surface area contributed by atoms with E-state index in [1.165, 1.54) is 34.9 Å². The average Bonchev–Trinajstić information content (AvgIpc) is 3.14. The van der Waals surface area contributed by atoms with E-state index < -0.39 is 27.9 Å². The maximum atomic E-state index is 13.5. The third kappa shape index (κ3) is 4.31. The molecule has 0 saturated carbocycles. The lowest BCUT2D eigenvalue weighted by molar-refractivity contribution is -0.134. The summed E-state index contributed by atoms with van der Waals surface area (Å²) in [5, 5.41) is 11.3. The number of carbonyl (C=O) groups is 1. The van der Waals surface area contributed by atoms with E-state index in [0.29, 0.717) is 25.2 Å². The highest BCUT2D eigenvalue weighted by atomic mass is 32.2. The Bertz CT molecular complexity index is 942. The number of rotatable bonds is 7. The van der Waals surface area contributed by atoms with Crippen molar-refractivity contribution in [3.63, 3.8) is 0 Å². The second-order valence-corrected chi connectivity index (χ2v) is 9.54. The zero-order chi connectivity index (χ0) is 21.0. The van der Waals surface area contributed by atoms with E-state index in [-0.39, 0.29) is 11.4 Å². The molecule has 3 rings (SSSR count). The van der Waals surface area contributed by atoms with Gasteiger partial charge in [-0.1, -0.05) is 0 Å². The normalized spacial score (nSPS) is 20.0. The fourth-order valence-electron chi connectivity index (χ4n) is 3.70. The molecule has 1 amide bonds. The molecule has 2 aromatic rings. The lowest BCUT2D eigenvalue weighted by atomic mass is 9.89. The van der Waals surface area contributed by atoms with E-state index in [9.17, 15) is 18.4 Å². The molecule has 0 bridgehead atoms. The summed E-state index contributed by atoms with van der Waals surface area (Å²) in [7, 11) is -0.946. The number of ether oxygens (including phenoxy) is 2. The van der Waals surface area contributed by atoms with Crippen LogP contribution in [0.5, 0.6) is 5.75 Å². The minimum Gasteiger partial charge on any atom is -0.497 e. The van der Waals surface area contributed by atoms with Crippen LogP contribution < -0.4 is 10.2 Å². The van der Waals surface area contributed by atoms with Crippen molar-refractivity contribution in [1.29, 1.82) is 0 Å². The predicted octanol–water partition coefficient (Wildman–Crippen LogP) is 2.00. The quantitative estimate of drug-likeness (QED) is 0.504. The molecule has 158 valence electrons. The van der Waals surface area contributed by atoms with E-state index in [1.54, 1.807) is 24.7 Å². The summed E-state index contributed by atoms with van der Waals surface area (Å²) in [4.78, 5) is 13.8. The molecule has 8 nitrogen and oxygen atoms in total. The van der Waals surface area contributed by atoms with Gasteiger partial charge in [0.2, 0.25) is 10.0 Å². The lowest BCUT2D eigenvalue weighted by Gasteiger charge is -2.32. The maximum absolute atomic E-state index is 13.5. The Morgan fingerprint density at radius 2 is 2.00 bits per heavy atom. The number of thiophene rings is 1. The summed E-state index contributed by atoms with van der Waals surface area (Å²) in [6, 6.07) is 6.84. The molecule has 0 saturated heterocycles. The zero-order valence-electron chi connectivity index (χ0n) is 16.2. The number of nitrogens with zero attached hydrogens (tertiary/aromatic N) is 1. The smallest absolute Gasteiger partial charge is 0.262 e. The van der Waals surface area contributed by atoms with Gasteiger partial charge in [-0.05, 0) is 54.1 Å². The van der Waals surface area contributed by atoms with E-state index >= 15 is 0 Å². The van der Waals surface area contributed by atoms with E-state index in [4.69, 9.17) is 9.47 Å². The topological polar surface area (TPSA) is 105 Å². The summed E-state index contributed by atoms with van der Waals surface area (Å²) in [6.45, 7) is 0.481. The molecule has 2 N–H and O–H groups in total. The molecular weight excluding hydrogens is 416 g/mol. The predicted molar refractivity (Wildman–Crippen MR) is 108 cm³/mol. The van der Waals surface area contributed by atoms with Gasteiger partial charge in [0.25, 0.3) is 5.91 Å². The summed E-state index contributed by atoms with van der Waals surface area (Å²) in [6.07, 6.45) is 0.925. The van der Waals surface area contributed by atoms with Crippen LogP contribution in [0.25, 0.3) is 0 Å². The fourth-order valence-corrected chi connectivity index (χ4v) is 6.26. The third-order valence-corrected chi connectivity index (χ3v) is 8.00. The van der Waals surface area contributed by atoms with Gasteiger partial charge >= 0.3 is 0 Å². The van der Waals surface area contributed by atoms with Crippen LogP contribution in [0.2, 0.25) is 0 Å². The lowest BCUT2D eigenvalue weighted by Crippen LogP contribution is -2.51. The SMILES string of the molecule is COCC[C@H]1c2ccsc2CCN(S(=O)(=O)c2ccc(OC)cc2)[C@@H]1C(=O)NO. The first-order chi connectivity index (χ1) is 13.9. The van der Waals surface area contributed by atoms with Crippen LogP contribution in [-0.4, -0.2) is 57.3 Å². The molecule has 1 aromatic heterocycles. The number of sulfonamides is 1. The van der Waals surface area contributed by atoms with Gasteiger partial charge in [0, 0.05) is 31.1 Å². The van der Waals surface area contributed by atoms with Gasteiger partial charge < -0.3 is 9.47 Å². The monoisotopic (exact) mass is 440 g/mol. The van der Waals surface area contributed by atoms with Gasteiger partial charge in [-0.15, -0.1) is 11.3 Å². The van der Waals surface area contributed by atoms with Crippen LogP contribution in [0.4, 0.5) is 0 Å². The van der Waals surface area contributed by atoms with Crippen LogP contribution in [0.15, 0.2) is 40.6 Å². The molecule has 0 unspecified atom stereocenters. The van der Waals surface area contributed by atoms with Gasteiger partial charge in [-0.25, -0.2) is 13.9 Å². The summed E-state index contributed by atoms with van der Waals surface area (Å²) in [5.41, 5.74) is 2.59. The van der Waals surface area contributed by atoms with Crippen LogP contribution in [-0.2, 0) is 26.0 Å². The van der Waals surface area contributed by atoms with Gasteiger partial charge in [-0.2, -0.15) is 4.31 Å². The molecule has 10 heteroatoms. The number of hydroxylamine groups is 1. The molecule has 2 heterocycles. The van der Waals surface area contributed by atoms with Crippen LogP contribution >= 0.6 is 11.3 Å². The van der Waals surface area contributed by atoms with Gasteiger partial charge in [0.15, 0.2) is 0 Å². The fraction of sp³-hybridized carbons (Fsp3) is 0.421. The summed E-state index contributed by atoms with van der Waals surface area (Å²) >= 11 is 1.54. The van der Waals surface area contributed by atoms with Crippen molar-refractivity contribution in [3.8, 4) is 5.75 Å². The first kappa shape index (κ1) is 21.7. The van der Waals surface area contributed by atoms with Gasteiger partial charge in [0.1, 0.15) is 11.8 Å². The Morgan fingerprint density at radius 1 is 1.28 bits per heavy atom. The van der Waals surface area contributed by atoms with Crippen molar-refractivity contribution in [1.82, 2.24) is 9.79 Å². The maximum Gasteiger partial charge on any atom is 0.262 e. The molecular formula is C19H24N2O6S2. The zero-order valence-corrected chi connectivity index (χ0v) is 17.8. The van der Waals surface area contributed by atoms with Gasteiger partial charge in [0.05, 0.1) is 12.0 Å². The van der Waals surface area contributed by atoms with Crippen LogP contribution in [0, 0.1) is 0 Å². The Kier molecular flexibility index (Phi) is 6.91. The molecule has 0 spiro atoms. The van der Waals surface area contributed by atoms with Crippen molar-refractivity contribution in [3.05, 3.63) is 46.2 Å². The number of fused-ring (bicyclic) bond motifs is 1. The Labute approximate surface area is 174 Å². The second kappa shape index (κ2) is 9.23. The highest BCUT2D eigenvalue weighted by molar-refractivity contribution is 7.89. The van der Waals surface area contributed by atoms with E-state index in [1.807, 2.05) is 11.4 Å². The molecule has 2 atom stereocenters. The van der Waals surface area contributed by atoms with Crippen molar-refractivity contribution < 1.29 is 27.9 Å². The Balaban J connectivity index is 2.07. The number of nitrogens with one attached hydrogen (secondary N) is 1. The number of amides is 1. The highest BCUT2D eigenvalue weighted by Crippen LogP contribution is 2.38. The average molecular weight is 441 g/mol. The van der Waals surface area contributed by atoms with Crippen LogP contribution in [0.1, 0.15) is 22.8 Å². The number of benzene rings is 1. The molecule has 0 fully saturated rings. The first-order valence-corrected chi connectivity index (χ1v) is 11.4. The number of hydrogen-bond acceptors (Lipinski definition) is 7. The highest BCUT2D eigenvalue weighted by Gasteiger charge is 2.44. The molecule has 1 aliphatic heterocycles. The van der Waals surface area contributed by atoms with E-state index in [0.717, 1.165) is 10.4 Å².